The summed E-state index contributed by atoms with van der Waals surface area (Å²) in [6, 6.07) is 33.5. The summed E-state index contributed by atoms with van der Waals surface area (Å²) in [5.74, 6) is 1.69. The number of nitrogens with one attached hydrogen (secondary N) is 3. The summed E-state index contributed by atoms with van der Waals surface area (Å²) in [6.07, 6.45) is -0.913. The number of rotatable bonds is 0. The maximum Gasteiger partial charge on any atom is 0.170 e. The molecule has 5 aromatic rings. The minimum Gasteiger partial charge on any atom is -0.350 e. The van der Waals surface area contributed by atoms with Gasteiger partial charge in [0.05, 0.1) is 0 Å². The van der Waals surface area contributed by atoms with Crippen LogP contribution in [0.25, 0.3) is 10.8 Å². The predicted octanol–water partition coefficient (Wildman–Crippen LogP) is 4.16. The van der Waals surface area contributed by atoms with E-state index in [0.717, 1.165) is 55.7 Å². The summed E-state index contributed by atoms with van der Waals surface area (Å²) in [5, 5.41) is 9.62. The highest BCUT2D eigenvalue weighted by Crippen LogP contribution is 2.40. The number of aromatic amines is 1. The molecule has 4 aliphatic rings. The monoisotopic (exact) mass is 534 g/mol. The van der Waals surface area contributed by atoms with E-state index >= 15 is 0 Å². The third-order valence-electron chi connectivity index (χ3n) is 8.61. The first-order valence-corrected chi connectivity index (χ1v) is 13.9. The number of hydrogen-bond donors (Lipinski definition) is 3. The lowest BCUT2D eigenvalue weighted by molar-refractivity contribution is 0.182. The molecule has 8 heteroatoms. The van der Waals surface area contributed by atoms with Crippen molar-refractivity contribution in [2.45, 2.75) is 24.7 Å². The first-order valence-electron chi connectivity index (χ1n) is 13.9. The van der Waals surface area contributed by atoms with Crippen molar-refractivity contribution in [2.24, 2.45) is 20.0 Å². The molecule has 0 aliphatic carbocycles. The van der Waals surface area contributed by atoms with Crippen molar-refractivity contribution in [3.63, 3.8) is 0 Å². The molecule has 0 spiro atoms. The number of benzene rings is 4. The van der Waals surface area contributed by atoms with Crippen LogP contribution in [0.1, 0.15) is 58.0 Å². The number of amidine groups is 2. The van der Waals surface area contributed by atoms with Gasteiger partial charge in [0.1, 0.15) is 35.0 Å². The highest BCUT2D eigenvalue weighted by Gasteiger charge is 2.39. The third kappa shape index (κ3) is 3.31. The van der Waals surface area contributed by atoms with Crippen LogP contribution in [0.5, 0.6) is 0 Å². The lowest BCUT2D eigenvalue weighted by Crippen LogP contribution is -2.41. The average molecular weight is 535 g/mol. The Hall–Kier alpha value is -5.08. The number of aromatic nitrogens is 1. The minimum absolute atomic E-state index is 0.0854. The topological polar surface area (TPSA) is 92.5 Å². The largest absolute Gasteiger partial charge is 0.350 e. The van der Waals surface area contributed by atoms with Gasteiger partial charge in [-0.05, 0) is 18.2 Å². The molecule has 1 aromatic heterocycles. The summed E-state index contributed by atoms with van der Waals surface area (Å²) in [5.41, 5.74) is 8.28. The Bertz CT molecular complexity index is 1930. The first kappa shape index (κ1) is 22.7. The summed E-state index contributed by atoms with van der Waals surface area (Å²) < 4.78 is 0. The highest BCUT2D eigenvalue weighted by molar-refractivity contribution is 6.03. The molecule has 4 atom stereocenters. The van der Waals surface area contributed by atoms with Crippen LogP contribution < -0.4 is 21.6 Å². The van der Waals surface area contributed by atoms with Crippen molar-refractivity contribution in [3.05, 3.63) is 141 Å². The highest BCUT2D eigenvalue weighted by atomic mass is 15.4. The van der Waals surface area contributed by atoms with Crippen LogP contribution in [0.3, 0.4) is 0 Å². The Morgan fingerprint density at radius 2 is 0.927 bits per heavy atom. The van der Waals surface area contributed by atoms with E-state index in [-0.39, 0.29) is 24.7 Å². The Balaban J connectivity index is 1.32. The lowest BCUT2D eigenvalue weighted by atomic mass is 10.1. The van der Waals surface area contributed by atoms with Gasteiger partial charge in [-0.25, -0.2) is 20.0 Å². The zero-order chi connectivity index (χ0) is 27.1. The molecule has 5 heterocycles. The normalized spacial score (nSPS) is 23.7. The molecule has 198 valence electrons. The quantitative estimate of drug-likeness (QED) is 0.279. The molecular weight excluding hydrogens is 508 g/mol. The Labute approximate surface area is 235 Å². The fraction of sp³-hybridized carbons (Fsp3) is 0.152. The zero-order valence-corrected chi connectivity index (χ0v) is 22.3. The molecular formula is C33H26N8. The summed E-state index contributed by atoms with van der Waals surface area (Å²) in [7, 11) is 2.14. The van der Waals surface area contributed by atoms with Crippen molar-refractivity contribution in [3.8, 4) is 0 Å². The standard InChI is InChI=1S/C33H26N8/c1-41-32-24-16-8-9-17-25(24)33(41)40-31-23-15-7-5-13-21(23)29(38-31)36-27-19-11-3-2-10-18(19)26(34-27)35-28-20-12-4-6-14-22(20)30(37-28)39-32/h2-17,28-29,32-33H,1H3,(H,37,39)(H,38,40)(H,34,35,36). The molecule has 41 heavy (non-hydrogen) atoms. The van der Waals surface area contributed by atoms with Crippen molar-refractivity contribution in [2.75, 3.05) is 7.05 Å². The second kappa shape index (κ2) is 8.46. The summed E-state index contributed by atoms with van der Waals surface area (Å²) >= 11 is 0. The SMILES string of the molecule is CN1C2NC3=NC(N=c4[nH]c(c5ccccc45)=NC4N=C(NC1c1ccccc12)c1ccccc14)c1ccccc13. The Kier molecular flexibility index (Phi) is 4.68. The molecule has 8 bridgehead atoms. The molecule has 9 rings (SSSR count). The average Bonchev–Trinajstić information content (AvgIpc) is 3.72. The second-order valence-corrected chi connectivity index (χ2v) is 10.9. The number of fused-ring (bicyclic) bond motifs is 18. The van der Waals surface area contributed by atoms with Gasteiger partial charge in [-0.1, -0.05) is 97.1 Å². The maximum atomic E-state index is 5.17. The van der Waals surface area contributed by atoms with E-state index in [1.807, 2.05) is 12.1 Å². The van der Waals surface area contributed by atoms with E-state index in [4.69, 9.17) is 20.0 Å². The van der Waals surface area contributed by atoms with Crippen LogP contribution in [-0.2, 0) is 0 Å². The van der Waals surface area contributed by atoms with Crippen molar-refractivity contribution in [1.29, 1.82) is 0 Å². The molecule has 0 saturated carbocycles. The van der Waals surface area contributed by atoms with Gasteiger partial charge in [-0.3, -0.25) is 4.90 Å². The van der Waals surface area contributed by atoms with E-state index in [0.29, 0.717) is 0 Å². The van der Waals surface area contributed by atoms with Crippen molar-refractivity contribution in [1.82, 2.24) is 20.5 Å². The van der Waals surface area contributed by atoms with Gasteiger partial charge in [-0.15, -0.1) is 0 Å². The lowest BCUT2D eigenvalue weighted by Gasteiger charge is -2.29. The molecule has 4 aliphatic heterocycles. The smallest absolute Gasteiger partial charge is 0.170 e. The van der Waals surface area contributed by atoms with Crippen LogP contribution in [0, 0.1) is 0 Å². The van der Waals surface area contributed by atoms with E-state index in [1.165, 1.54) is 11.1 Å². The van der Waals surface area contributed by atoms with Crippen LogP contribution in [0.15, 0.2) is 117 Å². The van der Waals surface area contributed by atoms with Crippen molar-refractivity contribution >= 4 is 22.4 Å². The molecule has 8 nitrogen and oxygen atoms in total. The molecule has 0 fully saturated rings. The maximum absolute atomic E-state index is 5.17. The first-order chi connectivity index (χ1) is 20.2. The van der Waals surface area contributed by atoms with Gasteiger partial charge in [0.25, 0.3) is 0 Å². The van der Waals surface area contributed by atoms with Crippen molar-refractivity contribution < 1.29 is 0 Å². The van der Waals surface area contributed by atoms with Crippen LogP contribution in [0.4, 0.5) is 0 Å². The van der Waals surface area contributed by atoms with Crippen LogP contribution in [0.2, 0.25) is 0 Å². The van der Waals surface area contributed by atoms with E-state index in [1.54, 1.807) is 0 Å². The summed E-state index contributed by atoms with van der Waals surface area (Å²) in [6.45, 7) is 0. The van der Waals surface area contributed by atoms with Gasteiger partial charge < -0.3 is 15.6 Å². The molecule has 0 saturated heterocycles. The van der Waals surface area contributed by atoms with Crippen LogP contribution >= 0.6 is 0 Å². The van der Waals surface area contributed by atoms with Gasteiger partial charge >= 0.3 is 0 Å². The number of hydrogen-bond acceptors (Lipinski definition) is 7. The zero-order valence-electron chi connectivity index (χ0n) is 22.3. The van der Waals surface area contributed by atoms with Crippen LogP contribution in [-0.4, -0.2) is 28.6 Å². The minimum atomic E-state index is -0.371. The number of aliphatic imine (C=N–C) groups is 2. The van der Waals surface area contributed by atoms with E-state index in [2.05, 4.69) is 112 Å². The molecule has 0 amide bonds. The Morgan fingerprint density at radius 1 is 0.512 bits per heavy atom. The predicted molar refractivity (Wildman–Crippen MR) is 158 cm³/mol. The number of nitrogens with zero attached hydrogens (tertiary/aromatic N) is 5. The van der Waals surface area contributed by atoms with Gasteiger partial charge in [0.2, 0.25) is 0 Å². The molecule has 0 radical (unpaired) electrons. The molecule has 3 N–H and O–H groups in total. The van der Waals surface area contributed by atoms with Gasteiger partial charge in [0, 0.05) is 33.0 Å². The Morgan fingerprint density at radius 3 is 1.41 bits per heavy atom. The fourth-order valence-electron chi connectivity index (χ4n) is 6.63. The van der Waals surface area contributed by atoms with E-state index in [9.17, 15) is 0 Å². The van der Waals surface area contributed by atoms with Gasteiger partial charge in [0.15, 0.2) is 12.3 Å². The van der Waals surface area contributed by atoms with Gasteiger partial charge in [-0.2, -0.15) is 0 Å². The van der Waals surface area contributed by atoms with E-state index < -0.39 is 0 Å². The summed E-state index contributed by atoms with van der Waals surface area (Å²) in [4.78, 5) is 26.5. The second-order valence-electron chi connectivity index (χ2n) is 10.9. The number of H-pyrrole nitrogens is 1. The molecule has 4 unspecified atom stereocenters. The fourth-order valence-corrected chi connectivity index (χ4v) is 6.63. The third-order valence-corrected chi connectivity index (χ3v) is 8.61. The molecule has 4 aromatic carbocycles.